The molecule has 0 aliphatic carbocycles. The van der Waals surface area contributed by atoms with Crippen LogP contribution in [-0.4, -0.2) is 4.98 Å². The van der Waals surface area contributed by atoms with E-state index in [2.05, 4.69) is 267 Å². The van der Waals surface area contributed by atoms with Crippen LogP contribution in [0.25, 0.3) is 126 Å². The molecule has 2 heteroatoms. The molecule has 1 aromatic heterocycles. The van der Waals surface area contributed by atoms with Gasteiger partial charge in [0.15, 0.2) is 0 Å². The molecule has 0 saturated heterocycles. The Morgan fingerprint density at radius 3 is 1.30 bits per heavy atom. The first-order chi connectivity index (χ1) is 36.1. The average molecular weight is 927 g/mol. The molecule has 0 fully saturated rings. The summed E-state index contributed by atoms with van der Waals surface area (Å²) < 4.78 is 0. The van der Waals surface area contributed by atoms with Crippen LogP contribution in [0.5, 0.6) is 0 Å². The van der Waals surface area contributed by atoms with Crippen molar-refractivity contribution in [2.24, 2.45) is 0 Å². The molecule has 14 aromatic rings. The van der Waals surface area contributed by atoms with E-state index in [0.29, 0.717) is 0 Å². The van der Waals surface area contributed by atoms with Crippen molar-refractivity contribution in [2.75, 3.05) is 4.90 Å². The van der Waals surface area contributed by atoms with Crippen LogP contribution in [0.4, 0.5) is 11.4 Å². The Labute approximate surface area is 423 Å². The van der Waals surface area contributed by atoms with Crippen molar-refractivity contribution in [2.45, 2.75) is 6.92 Å². The quantitative estimate of drug-likeness (QED) is 0.117. The summed E-state index contributed by atoms with van der Waals surface area (Å²) in [5, 5.41) is 18.4. The molecule has 0 spiro atoms. The number of fused-ring (bicyclic) bond motifs is 15. The second kappa shape index (κ2) is 17.1. The van der Waals surface area contributed by atoms with Gasteiger partial charge in [0.05, 0.1) is 16.9 Å². The number of pyridine rings is 1. The van der Waals surface area contributed by atoms with E-state index >= 15 is 0 Å². The maximum atomic E-state index is 5.72. The average Bonchev–Trinajstić information content (AvgIpc) is 3.47. The number of anilines is 2. The molecular formula is C71H46N2. The normalized spacial score (nSPS) is 11.6. The minimum absolute atomic E-state index is 0.892. The highest BCUT2D eigenvalue weighted by Gasteiger charge is 2.22. The molecule has 0 atom stereocenters. The lowest BCUT2D eigenvalue weighted by Crippen LogP contribution is -2.16. The molecule has 73 heavy (non-hydrogen) atoms. The van der Waals surface area contributed by atoms with Crippen LogP contribution in [0.1, 0.15) is 11.1 Å². The molecule has 14 rings (SSSR count). The number of aryl methyl sites for hydroxylation is 1. The summed E-state index contributed by atoms with van der Waals surface area (Å²) >= 11 is 0. The van der Waals surface area contributed by atoms with Gasteiger partial charge in [0.25, 0.3) is 0 Å². The van der Waals surface area contributed by atoms with Crippen LogP contribution in [0.15, 0.2) is 261 Å². The van der Waals surface area contributed by atoms with Crippen molar-refractivity contribution in [1.82, 2.24) is 4.98 Å². The summed E-state index contributed by atoms with van der Waals surface area (Å²) in [6, 6.07) is 90.6. The van der Waals surface area contributed by atoms with E-state index in [0.717, 1.165) is 66.9 Å². The molecule has 340 valence electrons. The Morgan fingerprint density at radius 2 is 0.767 bits per heavy atom. The summed E-state index contributed by atoms with van der Waals surface area (Å²) in [5.41, 5.74) is 16.0. The summed E-state index contributed by atoms with van der Waals surface area (Å²) in [5.74, 6) is 0. The van der Waals surface area contributed by atoms with Gasteiger partial charge in [-0.25, -0.2) is 4.98 Å². The fourth-order valence-corrected chi connectivity index (χ4v) is 11.8. The predicted molar refractivity (Wildman–Crippen MR) is 313 cm³/mol. The van der Waals surface area contributed by atoms with Gasteiger partial charge in [-0.05, 0) is 153 Å². The Bertz CT molecular complexity index is 4550. The standard InChI is InChI=1S/C71H46N2/c1-3-69(46-20-6-4-7-21-46)73(50-22-8-5-9-23-50)70-39-36-47(40-45(70)2)64-44-68(49-35-38-61-56-29-13-11-25-52(56)54-27-15-17-31-58(54)66(61)42-49)72-71-62-33-19-18-32-59(62)63(43-67(64)71)48-34-37-60-55-28-12-10-24-51(55)53-26-14-16-30-57(53)65(60)41-48/h4-44H,1H2,2H3. The van der Waals surface area contributed by atoms with Gasteiger partial charge in [-0.2, -0.15) is 0 Å². The molecule has 13 aromatic carbocycles. The lowest BCUT2D eigenvalue weighted by atomic mass is 9.88. The van der Waals surface area contributed by atoms with E-state index < -0.39 is 0 Å². The lowest BCUT2D eigenvalue weighted by molar-refractivity contribution is 1.26. The highest BCUT2D eigenvalue weighted by molar-refractivity contribution is 6.27. The van der Waals surface area contributed by atoms with E-state index in [9.17, 15) is 0 Å². The summed E-state index contributed by atoms with van der Waals surface area (Å²) in [7, 11) is 0. The number of nitrogens with zero attached hydrogens (tertiary/aromatic N) is 2. The lowest BCUT2D eigenvalue weighted by Gasteiger charge is -2.28. The first-order valence-electron chi connectivity index (χ1n) is 25.0. The fourth-order valence-electron chi connectivity index (χ4n) is 11.8. The number of hydrogen-bond acceptors (Lipinski definition) is 2. The van der Waals surface area contributed by atoms with Crippen molar-refractivity contribution in [3.63, 3.8) is 0 Å². The van der Waals surface area contributed by atoms with Crippen LogP contribution in [0.2, 0.25) is 0 Å². The minimum atomic E-state index is 0.892. The zero-order valence-electron chi connectivity index (χ0n) is 40.3. The summed E-state index contributed by atoms with van der Waals surface area (Å²) in [6.45, 7) is 6.44. The summed E-state index contributed by atoms with van der Waals surface area (Å²) in [4.78, 5) is 7.99. The molecular weight excluding hydrogens is 881 g/mol. The molecule has 0 saturated carbocycles. The van der Waals surface area contributed by atoms with Crippen molar-refractivity contribution in [1.29, 1.82) is 0 Å². The van der Waals surface area contributed by atoms with Gasteiger partial charge in [0, 0.05) is 33.3 Å². The van der Waals surface area contributed by atoms with Gasteiger partial charge in [0.2, 0.25) is 0 Å². The van der Waals surface area contributed by atoms with Crippen molar-refractivity contribution < 1.29 is 0 Å². The van der Waals surface area contributed by atoms with Gasteiger partial charge in [-0.15, -0.1) is 5.73 Å². The molecule has 0 N–H and O–H groups in total. The van der Waals surface area contributed by atoms with Gasteiger partial charge in [-0.1, -0.05) is 207 Å². The van der Waals surface area contributed by atoms with Crippen LogP contribution in [0.3, 0.4) is 0 Å². The Morgan fingerprint density at radius 1 is 0.356 bits per heavy atom. The van der Waals surface area contributed by atoms with E-state index in [1.807, 2.05) is 6.07 Å². The van der Waals surface area contributed by atoms with E-state index in [1.165, 1.54) is 81.1 Å². The topological polar surface area (TPSA) is 16.1 Å². The van der Waals surface area contributed by atoms with Gasteiger partial charge >= 0.3 is 0 Å². The minimum Gasteiger partial charge on any atom is -0.303 e. The second-order valence-corrected chi connectivity index (χ2v) is 19.2. The molecule has 1 heterocycles. The van der Waals surface area contributed by atoms with Crippen LogP contribution in [0, 0.1) is 6.92 Å². The van der Waals surface area contributed by atoms with Crippen molar-refractivity contribution in [3.8, 4) is 33.5 Å². The largest absolute Gasteiger partial charge is 0.303 e. The van der Waals surface area contributed by atoms with E-state index in [-0.39, 0.29) is 0 Å². The smallest absolute Gasteiger partial charge is 0.0958 e. The Kier molecular flexibility index (Phi) is 9.89. The molecule has 0 unspecified atom stereocenters. The van der Waals surface area contributed by atoms with Gasteiger partial charge in [-0.3, -0.25) is 0 Å². The first kappa shape index (κ1) is 42.3. The zero-order valence-corrected chi connectivity index (χ0v) is 40.3. The third kappa shape index (κ3) is 6.85. The highest BCUT2D eigenvalue weighted by Crippen LogP contribution is 2.45. The fraction of sp³-hybridized carbons (Fsp3) is 0.0141. The first-order valence-corrected chi connectivity index (χ1v) is 25.0. The maximum absolute atomic E-state index is 5.72. The van der Waals surface area contributed by atoms with Crippen molar-refractivity contribution in [3.05, 3.63) is 272 Å². The van der Waals surface area contributed by atoms with Gasteiger partial charge in [0.1, 0.15) is 0 Å². The molecule has 0 amide bonds. The molecule has 0 aliphatic rings. The Hall–Kier alpha value is -9.59. The van der Waals surface area contributed by atoms with Crippen LogP contribution < -0.4 is 4.90 Å². The molecule has 0 radical (unpaired) electrons. The highest BCUT2D eigenvalue weighted by atomic mass is 15.1. The number of hydrogen-bond donors (Lipinski definition) is 0. The SMILES string of the molecule is C=C=C(c1ccccc1)N(c1ccccc1)c1ccc(-c2cc(-c3ccc4c5ccccc5c5ccccc5c4c3)nc3c2cc(-c2ccc4c5ccccc5c5ccccc5c4c2)c2ccccc23)cc1C. The predicted octanol–water partition coefficient (Wildman–Crippen LogP) is 19.6. The van der Waals surface area contributed by atoms with Gasteiger partial charge < -0.3 is 4.90 Å². The maximum Gasteiger partial charge on any atom is 0.0958 e. The number of para-hydroxylation sites is 1. The number of aromatic nitrogens is 1. The Balaban J connectivity index is 1.03. The molecule has 0 bridgehead atoms. The molecule has 0 aliphatic heterocycles. The summed E-state index contributed by atoms with van der Waals surface area (Å²) in [6.07, 6.45) is 0. The number of rotatable bonds is 7. The number of benzene rings is 13. The van der Waals surface area contributed by atoms with Crippen LogP contribution >= 0.6 is 0 Å². The third-order valence-electron chi connectivity index (χ3n) is 15.1. The van der Waals surface area contributed by atoms with Crippen molar-refractivity contribution >= 4 is 103 Å². The van der Waals surface area contributed by atoms with E-state index in [1.54, 1.807) is 0 Å². The monoisotopic (exact) mass is 926 g/mol. The second-order valence-electron chi connectivity index (χ2n) is 19.2. The van der Waals surface area contributed by atoms with E-state index in [4.69, 9.17) is 4.98 Å². The third-order valence-corrected chi connectivity index (χ3v) is 15.1. The molecule has 2 nitrogen and oxygen atoms in total. The zero-order chi connectivity index (χ0) is 48.6. The van der Waals surface area contributed by atoms with Crippen LogP contribution in [-0.2, 0) is 0 Å².